The number of hydrogen-bond acceptors (Lipinski definition) is 5. The summed E-state index contributed by atoms with van der Waals surface area (Å²) in [5.41, 5.74) is 7.22. The van der Waals surface area contributed by atoms with Crippen LogP contribution in [0.15, 0.2) is 65.8 Å². The maximum atomic E-state index is 12.8. The van der Waals surface area contributed by atoms with E-state index in [-0.39, 0.29) is 17.5 Å². The second kappa shape index (κ2) is 7.82. The molecule has 0 saturated heterocycles. The number of hydrogen-bond donors (Lipinski definition) is 3. The molecule has 3 aromatic rings. The van der Waals surface area contributed by atoms with E-state index in [2.05, 4.69) is 9.71 Å². The Morgan fingerprint density at radius 3 is 2.62 bits per heavy atom. The van der Waals surface area contributed by atoms with Gasteiger partial charge >= 0.3 is 0 Å². The number of anilines is 1. The molecular weight excluding hydrogens is 350 g/mol. The topological polar surface area (TPSA) is 105 Å². The minimum Gasteiger partial charge on any atom is -0.395 e. The fourth-order valence-electron chi connectivity index (χ4n) is 2.72. The Bertz CT molecular complexity index is 983. The van der Waals surface area contributed by atoms with Crippen LogP contribution in [0.5, 0.6) is 0 Å². The molecule has 0 aliphatic rings. The number of rotatable bonds is 7. The van der Waals surface area contributed by atoms with Gasteiger partial charge in [-0.1, -0.05) is 24.3 Å². The Morgan fingerprint density at radius 2 is 1.88 bits per heavy atom. The van der Waals surface area contributed by atoms with Gasteiger partial charge in [-0.15, -0.1) is 0 Å². The average Bonchev–Trinajstić information content (AvgIpc) is 2.66. The summed E-state index contributed by atoms with van der Waals surface area (Å²) in [5, 5.41) is 10.4. The lowest BCUT2D eigenvalue weighted by Gasteiger charge is -2.11. The molecule has 0 spiro atoms. The van der Waals surface area contributed by atoms with Gasteiger partial charge in [0, 0.05) is 34.9 Å². The highest BCUT2D eigenvalue weighted by molar-refractivity contribution is 7.93. The van der Waals surface area contributed by atoms with Gasteiger partial charge in [0.25, 0.3) is 10.0 Å². The number of pyridine rings is 1. The fraction of sp³-hybridized carbons (Fsp3) is 0.211. The number of aromatic nitrogens is 1. The second-order valence-corrected chi connectivity index (χ2v) is 7.79. The standard InChI is InChI=1S/C19H21N3O3S/c20-16(13-23)7-4-14-5-8-17(9-6-14)22-26(24,25)19-3-1-2-15-12-21-11-10-18(15)19/h1-3,5-6,8-12,16,22-23H,4,7,13,20H2/t16-/m0/s1. The number of nitrogens with zero attached hydrogens (tertiary/aromatic N) is 1. The molecule has 1 aromatic heterocycles. The van der Waals surface area contributed by atoms with E-state index in [0.717, 1.165) is 17.4 Å². The highest BCUT2D eigenvalue weighted by atomic mass is 32.2. The molecule has 0 aliphatic carbocycles. The van der Waals surface area contributed by atoms with Crippen LogP contribution >= 0.6 is 0 Å². The quantitative estimate of drug-likeness (QED) is 0.591. The van der Waals surface area contributed by atoms with Crippen molar-refractivity contribution in [3.8, 4) is 0 Å². The molecule has 0 bridgehead atoms. The molecule has 0 amide bonds. The van der Waals surface area contributed by atoms with E-state index in [9.17, 15) is 8.42 Å². The maximum Gasteiger partial charge on any atom is 0.262 e. The number of aliphatic hydroxyl groups is 1. The number of aliphatic hydroxyl groups excluding tert-OH is 1. The smallest absolute Gasteiger partial charge is 0.262 e. The molecule has 3 rings (SSSR count). The molecule has 0 radical (unpaired) electrons. The zero-order valence-electron chi connectivity index (χ0n) is 14.2. The molecule has 2 aromatic carbocycles. The summed E-state index contributed by atoms with van der Waals surface area (Å²) in [6, 6.07) is 13.7. The second-order valence-electron chi connectivity index (χ2n) is 6.14. The highest BCUT2D eigenvalue weighted by Gasteiger charge is 2.17. The number of fused-ring (bicyclic) bond motifs is 1. The van der Waals surface area contributed by atoms with E-state index in [1.807, 2.05) is 18.2 Å². The first-order valence-corrected chi connectivity index (χ1v) is 9.79. The van der Waals surface area contributed by atoms with Crippen molar-refractivity contribution in [2.24, 2.45) is 5.73 Å². The number of nitrogens with two attached hydrogens (primary N) is 1. The highest BCUT2D eigenvalue weighted by Crippen LogP contribution is 2.24. The Kier molecular flexibility index (Phi) is 5.51. The van der Waals surface area contributed by atoms with E-state index in [4.69, 9.17) is 10.8 Å². The summed E-state index contributed by atoms with van der Waals surface area (Å²) >= 11 is 0. The average molecular weight is 371 g/mol. The summed E-state index contributed by atoms with van der Waals surface area (Å²) in [6.45, 7) is -0.0432. The summed E-state index contributed by atoms with van der Waals surface area (Å²) in [5.74, 6) is 0. The van der Waals surface area contributed by atoms with Crippen molar-refractivity contribution in [3.63, 3.8) is 0 Å². The lowest BCUT2D eigenvalue weighted by Crippen LogP contribution is -2.24. The van der Waals surface area contributed by atoms with E-state index in [1.54, 1.807) is 42.7 Å². The van der Waals surface area contributed by atoms with Gasteiger partial charge in [0.05, 0.1) is 11.5 Å². The molecule has 6 nitrogen and oxygen atoms in total. The SMILES string of the molecule is N[C@H](CO)CCc1ccc(NS(=O)(=O)c2cccc3cnccc23)cc1. The third kappa shape index (κ3) is 4.19. The van der Waals surface area contributed by atoms with Gasteiger partial charge in [0.2, 0.25) is 0 Å². The summed E-state index contributed by atoms with van der Waals surface area (Å²) < 4.78 is 28.2. The van der Waals surface area contributed by atoms with Gasteiger partial charge in [-0.25, -0.2) is 8.42 Å². The van der Waals surface area contributed by atoms with Crippen LogP contribution in [0.2, 0.25) is 0 Å². The lowest BCUT2D eigenvalue weighted by atomic mass is 10.1. The van der Waals surface area contributed by atoms with Crippen molar-refractivity contribution in [3.05, 3.63) is 66.5 Å². The van der Waals surface area contributed by atoms with Crippen LogP contribution in [-0.2, 0) is 16.4 Å². The molecule has 7 heteroatoms. The third-order valence-corrected chi connectivity index (χ3v) is 5.61. The molecule has 0 unspecified atom stereocenters. The normalized spacial score (nSPS) is 12.8. The van der Waals surface area contributed by atoms with Crippen molar-refractivity contribution in [2.45, 2.75) is 23.8 Å². The van der Waals surface area contributed by atoms with E-state index < -0.39 is 10.0 Å². The molecule has 1 heterocycles. The number of nitrogens with one attached hydrogen (secondary N) is 1. The molecule has 0 aliphatic heterocycles. The van der Waals surface area contributed by atoms with Crippen LogP contribution in [0.1, 0.15) is 12.0 Å². The van der Waals surface area contributed by atoms with Crippen molar-refractivity contribution in [1.82, 2.24) is 4.98 Å². The van der Waals surface area contributed by atoms with E-state index in [0.29, 0.717) is 17.5 Å². The molecule has 1 atom stereocenters. The molecular formula is C19H21N3O3S. The molecule has 0 saturated carbocycles. The maximum absolute atomic E-state index is 12.8. The molecule has 0 fully saturated rings. The van der Waals surface area contributed by atoms with Crippen molar-refractivity contribution in [2.75, 3.05) is 11.3 Å². The van der Waals surface area contributed by atoms with Crippen LogP contribution in [0.4, 0.5) is 5.69 Å². The van der Waals surface area contributed by atoms with Gasteiger partial charge in [-0.2, -0.15) is 0 Å². The van der Waals surface area contributed by atoms with Gasteiger partial charge in [0.1, 0.15) is 0 Å². The molecule has 4 N–H and O–H groups in total. The van der Waals surface area contributed by atoms with Crippen LogP contribution in [-0.4, -0.2) is 31.2 Å². The first-order chi connectivity index (χ1) is 12.5. The van der Waals surface area contributed by atoms with Crippen molar-refractivity contribution in [1.29, 1.82) is 0 Å². The zero-order chi connectivity index (χ0) is 18.6. The summed E-state index contributed by atoms with van der Waals surface area (Å²) in [7, 11) is -3.71. The predicted octanol–water partition coefficient (Wildman–Crippen LogP) is 2.29. The van der Waals surface area contributed by atoms with Crippen molar-refractivity contribution >= 4 is 26.5 Å². The summed E-state index contributed by atoms with van der Waals surface area (Å²) in [6.07, 6.45) is 4.62. The number of aryl methyl sites for hydroxylation is 1. The Labute approximate surface area is 152 Å². The van der Waals surface area contributed by atoms with E-state index in [1.165, 1.54) is 0 Å². The Balaban J connectivity index is 1.79. The lowest BCUT2D eigenvalue weighted by molar-refractivity contribution is 0.260. The minimum atomic E-state index is -3.71. The fourth-order valence-corrected chi connectivity index (χ4v) is 4.01. The van der Waals surface area contributed by atoms with Gasteiger partial charge in [-0.05, 0) is 42.7 Å². The van der Waals surface area contributed by atoms with Crippen LogP contribution in [0, 0.1) is 0 Å². The minimum absolute atomic E-state index is 0.0432. The monoisotopic (exact) mass is 371 g/mol. The number of sulfonamides is 1. The van der Waals surface area contributed by atoms with Crippen LogP contribution < -0.4 is 10.5 Å². The third-order valence-electron chi connectivity index (χ3n) is 4.17. The molecule has 26 heavy (non-hydrogen) atoms. The number of benzene rings is 2. The first kappa shape index (κ1) is 18.3. The predicted molar refractivity (Wildman–Crippen MR) is 102 cm³/mol. The summed E-state index contributed by atoms with van der Waals surface area (Å²) in [4.78, 5) is 4.24. The van der Waals surface area contributed by atoms with Crippen LogP contribution in [0.25, 0.3) is 10.8 Å². The molecule has 136 valence electrons. The first-order valence-electron chi connectivity index (χ1n) is 8.30. The van der Waals surface area contributed by atoms with Crippen molar-refractivity contribution < 1.29 is 13.5 Å². The van der Waals surface area contributed by atoms with Crippen LogP contribution in [0.3, 0.4) is 0 Å². The van der Waals surface area contributed by atoms with Gasteiger partial charge in [-0.3, -0.25) is 9.71 Å². The largest absolute Gasteiger partial charge is 0.395 e. The van der Waals surface area contributed by atoms with Gasteiger partial charge < -0.3 is 10.8 Å². The zero-order valence-corrected chi connectivity index (χ0v) is 15.0. The van der Waals surface area contributed by atoms with Gasteiger partial charge in [0.15, 0.2) is 0 Å². The van der Waals surface area contributed by atoms with E-state index >= 15 is 0 Å². The Hall–Kier alpha value is -2.48. The Morgan fingerprint density at radius 1 is 1.12 bits per heavy atom.